The quantitative estimate of drug-likeness (QED) is 0.868. The van der Waals surface area contributed by atoms with Crippen LogP contribution in [0.3, 0.4) is 0 Å². The predicted octanol–water partition coefficient (Wildman–Crippen LogP) is 2.74. The number of benzene rings is 1. The molecule has 0 spiro atoms. The second kappa shape index (κ2) is 7.25. The SMILES string of the molecule is COc1cc(CN(C)S(C)(=O)=O)c(-c2ccc[nH]c2=O)cc1C(C)(C)C. The molecule has 0 radical (unpaired) electrons. The summed E-state index contributed by atoms with van der Waals surface area (Å²) >= 11 is 0. The summed E-state index contributed by atoms with van der Waals surface area (Å²) < 4.78 is 30.5. The topological polar surface area (TPSA) is 79.5 Å². The number of hydrogen-bond acceptors (Lipinski definition) is 4. The van der Waals surface area contributed by atoms with Crippen LogP contribution in [-0.2, 0) is 22.0 Å². The number of hydrogen-bond donors (Lipinski definition) is 1. The largest absolute Gasteiger partial charge is 0.496 e. The molecule has 0 bridgehead atoms. The zero-order chi connectivity index (χ0) is 19.7. The van der Waals surface area contributed by atoms with Crippen LogP contribution in [0.25, 0.3) is 11.1 Å². The van der Waals surface area contributed by atoms with Crippen molar-refractivity contribution in [3.05, 3.63) is 51.9 Å². The number of nitrogens with one attached hydrogen (secondary N) is 1. The predicted molar refractivity (Wildman–Crippen MR) is 104 cm³/mol. The Hall–Kier alpha value is -2.12. The van der Waals surface area contributed by atoms with Crippen molar-refractivity contribution in [1.29, 1.82) is 0 Å². The van der Waals surface area contributed by atoms with Crippen molar-refractivity contribution < 1.29 is 13.2 Å². The number of methoxy groups -OCH3 is 1. The van der Waals surface area contributed by atoms with Gasteiger partial charge in [-0.15, -0.1) is 0 Å². The van der Waals surface area contributed by atoms with E-state index in [1.165, 1.54) is 11.4 Å². The van der Waals surface area contributed by atoms with Gasteiger partial charge < -0.3 is 9.72 Å². The highest BCUT2D eigenvalue weighted by atomic mass is 32.2. The third-order valence-electron chi connectivity index (χ3n) is 4.30. The van der Waals surface area contributed by atoms with Gasteiger partial charge in [-0.3, -0.25) is 4.79 Å². The van der Waals surface area contributed by atoms with Gasteiger partial charge in [0, 0.05) is 30.9 Å². The highest BCUT2D eigenvalue weighted by molar-refractivity contribution is 7.88. The van der Waals surface area contributed by atoms with E-state index in [9.17, 15) is 13.2 Å². The molecule has 0 aliphatic carbocycles. The number of H-pyrrole nitrogens is 1. The van der Waals surface area contributed by atoms with E-state index in [1.807, 2.05) is 12.1 Å². The first-order valence-electron chi connectivity index (χ1n) is 8.26. The molecule has 2 aromatic rings. The summed E-state index contributed by atoms with van der Waals surface area (Å²) in [7, 11) is -0.262. The van der Waals surface area contributed by atoms with Crippen LogP contribution in [0.4, 0.5) is 0 Å². The molecule has 26 heavy (non-hydrogen) atoms. The smallest absolute Gasteiger partial charge is 0.255 e. The summed E-state index contributed by atoms with van der Waals surface area (Å²) in [6.07, 6.45) is 2.73. The molecule has 7 heteroatoms. The molecule has 0 aliphatic rings. The number of ether oxygens (including phenoxy) is 1. The summed E-state index contributed by atoms with van der Waals surface area (Å²) in [5, 5.41) is 0. The fourth-order valence-electron chi connectivity index (χ4n) is 2.75. The van der Waals surface area contributed by atoms with Crippen LogP contribution in [0.15, 0.2) is 35.3 Å². The summed E-state index contributed by atoms with van der Waals surface area (Å²) in [6.45, 7) is 6.33. The highest BCUT2D eigenvalue weighted by Gasteiger charge is 2.24. The minimum absolute atomic E-state index is 0.142. The van der Waals surface area contributed by atoms with Crippen molar-refractivity contribution in [2.45, 2.75) is 32.7 Å². The average Bonchev–Trinajstić information content (AvgIpc) is 2.53. The third-order valence-corrected chi connectivity index (χ3v) is 5.56. The van der Waals surface area contributed by atoms with Gasteiger partial charge in [0.25, 0.3) is 5.56 Å². The zero-order valence-corrected chi connectivity index (χ0v) is 16.9. The van der Waals surface area contributed by atoms with Crippen LogP contribution >= 0.6 is 0 Å². The van der Waals surface area contributed by atoms with E-state index in [-0.39, 0.29) is 17.5 Å². The van der Waals surface area contributed by atoms with Crippen LogP contribution in [0.5, 0.6) is 5.75 Å². The van der Waals surface area contributed by atoms with Gasteiger partial charge in [0.05, 0.1) is 13.4 Å². The Bertz CT molecular complexity index is 956. The maximum absolute atomic E-state index is 12.4. The molecule has 1 heterocycles. The molecule has 1 N–H and O–H groups in total. The van der Waals surface area contributed by atoms with Gasteiger partial charge in [0.2, 0.25) is 10.0 Å². The normalized spacial score (nSPS) is 12.4. The molecule has 6 nitrogen and oxygen atoms in total. The molecule has 0 aliphatic heterocycles. The van der Waals surface area contributed by atoms with E-state index in [1.54, 1.807) is 25.4 Å². The van der Waals surface area contributed by atoms with E-state index in [0.29, 0.717) is 22.4 Å². The molecular formula is C19H26N2O4S. The Labute approximate surface area is 154 Å². The van der Waals surface area contributed by atoms with Gasteiger partial charge in [-0.05, 0) is 40.8 Å². The lowest BCUT2D eigenvalue weighted by Gasteiger charge is -2.25. The summed E-state index contributed by atoms with van der Waals surface area (Å²) in [5.74, 6) is 0.672. The van der Waals surface area contributed by atoms with Crippen LogP contribution in [0.1, 0.15) is 31.9 Å². The third kappa shape index (κ3) is 4.34. The average molecular weight is 378 g/mol. The monoisotopic (exact) mass is 378 g/mol. The maximum atomic E-state index is 12.4. The Morgan fingerprint density at radius 3 is 2.35 bits per heavy atom. The number of nitrogens with zero attached hydrogens (tertiary/aromatic N) is 1. The van der Waals surface area contributed by atoms with E-state index in [4.69, 9.17) is 4.74 Å². The molecule has 0 saturated carbocycles. The standard InChI is InChI=1S/C19H26N2O4S/c1-19(2,3)16-11-15(14-8-7-9-20-18(14)22)13(10-17(16)25-5)12-21(4)26(6,23)24/h7-11H,12H2,1-6H3,(H,20,22). The van der Waals surface area contributed by atoms with Gasteiger partial charge >= 0.3 is 0 Å². The van der Waals surface area contributed by atoms with Crippen molar-refractivity contribution in [3.8, 4) is 16.9 Å². The number of pyridine rings is 1. The maximum Gasteiger partial charge on any atom is 0.255 e. The summed E-state index contributed by atoms with van der Waals surface area (Å²) in [4.78, 5) is 15.0. The Kier molecular flexibility index (Phi) is 5.63. The molecule has 0 saturated heterocycles. The van der Waals surface area contributed by atoms with E-state index < -0.39 is 10.0 Å². The molecule has 0 atom stereocenters. The Morgan fingerprint density at radius 2 is 1.85 bits per heavy atom. The van der Waals surface area contributed by atoms with Crippen molar-refractivity contribution in [2.75, 3.05) is 20.4 Å². The minimum atomic E-state index is -3.36. The number of sulfonamides is 1. The first kappa shape index (κ1) is 20.2. The molecule has 1 aromatic heterocycles. The van der Waals surface area contributed by atoms with Crippen LogP contribution in [-0.4, -0.2) is 38.1 Å². The van der Waals surface area contributed by atoms with E-state index in [2.05, 4.69) is 25.8 Å². The van der Waals surface area contributed by atoms with Crippen molar-refractivity contribution in [1.82, 2.24) is 9.29 Å². The molecule has 142 valence electrons. The second-order valence-electron chi connectivity index (χ2n) is 7.39. The lowest BCUT2D eigenvalue weighted by molar-refractivity contribution is 0.396. The fraction of sp³-hybridized carbons (Fsp3) is 0.421. The molecule has 2 rings (SSSR count). The molecule has 0 fully saturated rings. The summed E-state index contributed by atoms with van der Waals surface area (Å²) in [6, 6.07) is 7.23. The van der Waals surface area contributed by atoms with Crippen LogP contribution in [0, 0.1) is 0 Å². The van der Waals surface area contributed by atoms with Crippen molar-refractivity contribution >= 4 is 10.0 Å². The summed E-state index contributed by atoms with van der Waals surface area (Å²) in [5.41, 5.74) is 2.43. The molecule has 0 amide bonds. The number of aromatic amines is 1. The lowest BCUT2D eigenvalue weighted by Crippen LogP contribution is -2.26. The van der Waals surface area contributed by atoms with E-state index >= 15 is 0 Å². The van der Waals surface area contributed by atoms with Crippen molar-refractivity contribution in [3.63, 3.8) is 0 Å². The minimum Gasteiger partial charge on any atom is -0.496 e. The number of aromatic nitrogens is 1. The highest BCUT2D eigenvalue weighted by Crippen LogP contribution is 2.37. The Morgan fingerprint density at radius 1 is 1.19 bits per heavy atom. The first-order chi connectivity index (χ1) is 11.9. The molecular weight excluding hydrogens is 352 g/mol. The van der Waals surface area contributed by atoms with Gasteiger partial charge in [-0.2, -0.15) is 0 Å². The van der Waals surface area contributed by atoms with Gasteiger partial charge in [0.15, 0.2) is 0 Å². The zero-order valence-electron chi connectivity index (χ0n) is 16.1. The first-order valence-corrected chi connectivity index (χ1v) is 10.1. The van der Waals surface area contributed by atoms with Crippen molar-refractivity contribution in [2.24, 2.45) is 0 Å². The van der Waals surface area contributed by atoms with Crippen LogP contribution < -0.4 is 10.3 Å². The Balaban J connectivity index is 2.77. The lowest BCUT2D eigenvalue weighted by atomic mass is 9.83. The van der Waals surface area contributed by atoms with Gasteiger partial charge in [-0.25, -0.2) is 12.7 Å². The molecule has 1 aromatic carbocycles. The van der Waals surface area contributed by atoms with Gasteiger partial charge in [-0.1, -0.05) is 20.8 Å². The van der Waals surface area contributed by atoms with E-state index in [0.717, 1.165) is 11.8 Å². The van der Waals surface area contributed by atoms with Crippen LogP contribution in [0.2, 0.25) is 0 Å². The molecule has 0 unspecified atom stereocenters. The number of rotatable bonds is 5. The fourth-order valence-corrected chi connectivity index (χ4v) is 3.12. The second-order valence-corrected chi connectivity index (χ2v) is 9.48. The van der Waals surface area contributed by atoms with Gasteiger partial charge in [0.1, 0.15) is 5.75 Å².